The average molecular weight is 236 g/mol. The molecular formula is C14H24N2O. The maximum Gasteiger partial charge on any atom is 0.0669 e. The molecule has 0 saturated heterocycles. The lowest BCUT2D eigenvalue weighted by molar-refractivity contribution is 0.119. The van der Waals surface area contributed by atoms with Gasteiger partial charge in [0.2, 0.25) is 0 Å². The molecular weight excluding hydrogens is 212 g/mol. The quantitative estimate of drug-likeness (QED) is 0.824. The van der Waals surface area contributed by atoms with E-state index in [9.17, 15) is 5.11 Å². The summed E-state index contributed by atoms with van der Waals surface area (Å²) in [5.74, 6) is 0. The molecule has 2 N–H and O–H groups in total. The van der Waals surface area contributed by atoms with Gasteiger partial charge in [0.25, 0.3) is 0 Å². The highest BCUT2D eigenvalue weighted by atomic mass is 16.3. The fraction of sp³-hybridized carbons (Fsp3) is 0.643. The van der Waals surface area contributed by atoms with Crippen LogP contribution in [0.15, 0.2) is 18.5 Å². The van der Waals surface area contributed by atoms with Gasteiger partial charge in [-0.25, -0.2) is 0 Å². The fourth-order valence-corrected chi connectivity index (χ4v) is 1.83. The van der Waals surface area contributed by atoms with Gasteiger partial charge >= 0.3 is 0 Å². The Morgan fingerprint density at radius 2 is 2.12 bits per heavy atom. The molecule has 96 valence electrons. The van der Waals surface area contributed by atoms with E-state index in [1.54, 1.807) is 6.20 Å². The van der Waals surface area contributed by atoms with Gasteiger partial charge < -0.3 is 10.4 Å². The van der Waals surface area contributed by atoms with Crippen molar-refractivity contribution >= 4 is 0 Å². The summed E-state index contributed by atoms with van der Waals surface area (Å²) in [5, 5.41) is 13.1. The van der Waals surface area contributed by atoms with Crippen molar-refractivity contribution in [3.8, 4) is 0 Å². The lowest BCUT2D eigenvalue weighted by Gasteiger charge is -2.22. The highest BCUT2D eigenvalue weighted by Crippen LogP contribution is 2.20. The number of hydrogen-bond donors (Lipinski definition) is 2. The molecule has 1 aromatic heterocycles. The molecule has 17 heavy (non-hydrogen) atoms. The van der Waals surface area contributed by atoms with E-state index in [0.717, 1.165) is 13.0 Å². The van der Waals surface area contributed by atoms with Crippen LogP contribution < -0.4 is 5.32 Å². The summed E-state index contributed by atoms with van der Waals surface area (Å²) >= 11 is 0. The molecule has 0 aliphatic heterocycles. The first-order valence-corrected chi connectivity index (χ1v) is 6.17. The molecule has 1 atom stereocenters. The minimum absolute atomic E-state index is 0.172. The standard InChI is InChI=1S/C14H24N2O/c1-11-5-6-15-8-12(11)9-16-10-13(17)7-14(2,3)4/h5-6,8,13,16-17H,7,9-10H2,1-4H3. The molecule has 0 saturated carbocycles. The van der Waals surface area contributed by atoms with Gasteiger partial charge in [-0.15, -0.1) is 0 Å². The van der Waals surface area contributed by atoms with E-state index in [1.165, 1.54) is 11.1 Å². The van der Waals surface area contributed by atoms with Crippen LogP contribution >= 0.6 is 0 Å². The minimum Gasteiger partial charge on any atom is -0.392 e. The van der Waals surface area contributed by atoms with Gasteiger partial charge in [0.15, 0.2) is 0 Å². The third-order valence-corrected chi connectivity index (χ3v) is 2.69. The third kappa shape index (κ3) is 5.80. The average Bonchev–Trinajstić information content (AvgIpc) is 2.18. The van der Waals surface area contributed by atoms with Crippen molar-refractivity contribution in [3.05, 3.63) is 29.6 Å². The fourth-order valence-electron chi connectivity index (χ4n) is 1.83. The number of pyridine rings is 1. The van der Waals surface area contributed by atoms with Gasteiger partial charge in [-0.2, -0.15) is 0 Å². The van der Waals surface area contributed by atoms with Crippen LogP contribution in [0.5, 0.6) is 0 Å². The summed E-state index contributed by atoms with van der Waals surface area (Å²) in [5.41, 5.74) is 2.60. The monoisotopic (exact) mass is 236 g/mol. The molecule has 1 aromatic rings. The zero-order valence-electron chi connectivity index (χ0n) is 11.3. The Bertz CT molecular complexity index is 344. The molecule has 0 aromatic carbocycles. The Morgan fingerprint density at radius 3 is 2.71 bits per heavy atom. The highest BCUT2D eigenvalue weighted by Gasteiger charge is 2.16. The third-order valence-electron chi connectivity index (χ3n) is 2.69. The number of aliphatic hydroxyl groups excluding tert-OH is 1. The van der Waals surface area contributed by atoms with Crippen molar-refractivity contribution < 1.29 is 5.11 Å². The Morgan fingerprint density at radius 1 is 1.41 bits per heavy atom. The topological polar surface area (TPSA) is 45.2 Å². The summed E-state index contributed by atoms with van der Waals surface area (Å²) in [6.07, 6.45) is 4.20. The normalized spacial score (nSPS) is 13.7. The van der Waals surface area contributed by atoms with Gasteiger partial charge in [-0.05, 0) is 36.0 Å². The van der Waals surface area contributed by atoms with E-state index in [-0.39, 0.29) is 11.5 Å². The maximum absolute atomic E-state index is 9.85. The van der Waals surface area contributed by atoms with E-state index < -0.39 is 0 Å². The zero-order valence-corrected chi connectivity index (χ0v) is 11.3. The summed E-state index contributed by atoms with van der Waals surface area (Å²) in [6.45, 7) is 9.89. The Balaban J connectivity index is 2.31. The SMILES string of the molecule is Cc1ccncc1CNCC(O)CC(C)(C)C. The second-order valence-corrected chi connectivity index (χ2v) is 5.85. The van der Waals surface area contributed by atoms with E-state index >= 15 is 0 Å². The molecule has 1 heterocycles. The van der Waals surface area contributed by atoms with Gasteiger partial charge in [0.1, 0.15) is 0 Å². The molecule has 1 unspecified atom stereocenters. The molecule has 0 radical (unpaired) electrons. The first-order valence-electron chi connectivity index (χ1n) is 6.17. The summed E-state index contributed by atoms with van der Waals surface area (Å²) in [6, 6.07) is 2.00. The smallest absolute Gasteiger partial charge is 0.0669 e. The molecule has 3 heteroatoms. The summed E-state index contributed by atoms with van der Waals surface area (Å²) in [7, 11) is 0. The molecule has 0 spiro atoms. The van der Waals surface area contributed by atoms with Crippen molar-refractivity contribution in [1.29, 1.82) is 0 Å². The van der Waals surface area contributed by atoms with E-state index in [4.69, 9.17) is 0 Å². The van der Waals surface area contributed by atoms with Crippen molar-refractivity contribution in [3.63, 3.8) is 0 Å². The minimum atomic E-state index is -0.285. The van der Waals surface area contributed by atoms with Crippen LogP contribution in [0.4, 0.5) is 0 Å². The van der Waals surface area contributed by atoms with Crippen LogP contribution in [0.2, 0.25) is 0 Å². The predicted octanol–water partition coefficient (Wildman–Crippen LogP) is 2.28. The number of nitrogens with zero attached hydrogens (tertiary/aromatic N) is 1. The van der Waals surface area contributed by atoms with Crippen LogP contribution in [-0.4, -0.2) is 22.7 Å². The molecule has 3 nitrogen and oxygen atoms in total. The number of nitrogens with one attached hydrogen (secondary N) is 1. The highest BCUT2D eigenvalue weighted by molar-refractivity contribution is 5.20. The van der Waals surface area contributed by atoms with Gasteiger partial charge in [0, 0.05) is 25.5 Å². The van der Waals surface area contributed by atoms with E-state index in [2.05, 4.69) is 38.0 Å². The Kier molecular flexibility index (Phi) is 5.09. The number of aliphatic hydroxyl groups is 1. The molecule has 0 aliphatic rings. The largest absolute Gasteiger partial charge is 0.392 e. The first-order chi connectivity index (χ1) is 7.88. The van der Waals surface area contributed by atoms with Gasteiger partial charge in [0.05, 0.1) is 6.10 Å². The summed E-state index contributed by atoms with van der Waals surface area (Å²) < 4.78 is 0. The number of hydrogen-bond acceptors (Lipinski definition) is 3. The Labute approximate surface area is 104 Å². The zero-order chi connectivity index (χ0) is 12.9. The van der Waals surface area contributed by atoms with Crippen molar-refractivity contribution in [2.75, 3.05) is 6.54 Å². The van der Waals surface area contributed by atoms with Crippen LogP contribution in [0.25, 0.3) is 0 Å². The van der Waals surface area contributed by atoms with Crippen molar-refractivity contribution in [2.45, 2.75) is 46.8 Å². The van der Waals surface area contributed by atoms with Crippen LogP contribution in [0.3, 0.4) is 0 Å². The second-order valence-electron chi connectivity index (χ2n) is 5.85. The molecule has 0 bridgehead atoms. The second kappa shape index (κ2) is 6.12. The van der Waals surface area contributed by atoms with Gasteiger partial charge in [-0.3, -0.25) is 4.98 Å². The van der Waals surface area contributed by atoms with Crippen LogP contribution in [-0.2, 0) is 6.54 Å². The lowest BCUT2D eigenvalue weighted by atomic mass is 9.89. The van der Waals surface area contributed by atoms with Gasteiger partial charge in [-0.1, -0.05) is 20.8 Å². The summed E-state index contributed by atoms with van der Waals surface area (Å²) in [4.78, 5) is 4.10. The molecule has 0 aliphatic carbocycles. The van der Waals surface area contributed by atoms with Crippen molar-refractivity contribution in [1.82, 2.24) is 10.3 Å². The number of aromatic nitrogens is 1. The molecule has 0 fully saturated rings. The lowest BCUT2D eigenvalue weighted by Crippen LogP contribution is -2.30. The van der Waals surface area contributed by atoms with Crippen molar-refractivity contribution in [2.24, 2.45) is 5.41 Å². The van der Waals surface area contributed by atoms with Crippen LogP contribution in [0.1, 0.15) is 38.3 Å². The first kappa shape index (κ1) is 14.1. The maximum atomic E-state index is 9.85. The molecule has 1 rings (SSSR count). The molecule has 0 amide bonds. The Hall–Kier alpha value is -0.930. The van der Waals surface area contributed by atoms with E-state index in [0.29, 0.717) is 6.54 Å². The number of aryl methyl sites for hydroxylation is 1. The van der Waals surface area contributed by atoms with Crippen LogP contribution in [0, 0.1) is 12.3 Å². The number of rotatable bonds is 5. The van der Waals surface area contributed by atoms with E-state index in [1.807, 2.05) is 12.3 Å². The predicted molar refractivity (Wildman–Crippen MR) is 70.8 cm³/mol.